The van der Waals surface area contributed by atoms with Gasteiger partial charge in [-0.1, -0.05) is 12.1 Å². The Labute approximate surface area is 188 Å². The average Bonchev–Trinajstić information content (AvgIpc) is 2.80. The van der Waals surface area contributed by atoms with Crippen molar-refractivity contribution in [2.24, 2.45) is 0 Å². The van der Waals surface area contributed by atoms with Crippen LogP contribution in [0.5, 0.6) is 23.0 Å². The zero-order valence-electron chi connectivity index (χ0n) is 17.5. The van der Waals surface area contributed by atoms with E-state index in [2.05, 4.69) is 9.71 Å². The van der Waals surface area contributed by atoms with Crippen molar-refractivity contribution in [1.29, 1.82) is 0 Å². The lowest BCUT2D eigenvalue weighted by atomic mass is 10.1. The summed E-state index contributed by atoms with van der Waals surface area (Å²) >= 11 is 0. The van der Waals surface area contributed by atoms with Crippen molar-refractivity contribution in [1.82, 2.24) is 4.98 Å². The van der Waals surface area contributed by atoms with E-state index in [4.69, 9.17) is 14.2 Å². The monoisotopic (exact) mass is 472 g/mol. The Hall–Kier alpha value is -3.92. The van der Waals surface area contributed by atoms with E-state index < -0.39 is 26.6 Å². The van der Waals surface area contributed by atoms with Crippen molar-refractivity contribution in [2.75, 3.05) is 18.9 Å². The number of benzene rings is 3. The topological polar surface area (TPSA) is 86.8 Å². The summed E-state index contributed by atoms with van der Waals surface area (Å²) in [5, 5.41) is 0.597. The van der Waals surface area contributed by atoms with Crippen molar-refractivity contribution < 1.29 is 31.4 Å². The number of sulfonamides is 1. The van der Waals surface area contributed by atoms with Crippen LogP contribution in [-0.4, -0.2) is 27.6 Å². The molecule has 1 N–H and O–H groups in total. The summed E-state index contributed by atoms with van der Waals surface area (Å²) in [6.07, 6.45) is 1.51. The highest BCUT2D eigenvalue weighted by Gasteiger charge is 2.21. The molecular formula is C23H18F2N2O5S. The maximum absolute atomic E-state index is 14.7. The van der Waals surface area contributed by atoms with E-state index >= 15 is 0 Å². The molecule has 0 fully saturated rings. The Kier molecular flexibility index (Phi) is 6.01. The van der Waals surface area contributed by atoms with Gasteiger partial charge < -0.3 is 14.2 Å². The molecule has 0 amide bonds. The molecule has 0 bridgehead atoms. The van der Waals surface area contributed by atoms with Gasteiger partial charge in [0.15, 0.2) is 17.3 Å². The first kappa shape index (κ1) is 22.3. The Balaban J connectivity index is 1.63. The minimum atomic E-state index is -4.32. The van der Waals surface area contributed by atoms with Gasteiger partial charge in [-0.05, 0) is 42.5 Å². The summed E-state index contributed by atoms with van der Waals surface area (Å²) < 4.78 is 71.9. The zero-order valence-corrected chi connectivity index (χ0v) is 18.3. The Morgan fingerprint density at radius 1 is 0.879 bits per heavy atom. The third-order valence-electron chi connectivity index (χ3n) is 4.75. The molecule has 7 nitrogen and oxygen atoms in total. The number of methoxy groups -OCH3 is 2. The Bertz CT molecular complexity index is 1440. The van der Waals surface area contributed by atoms with Gasteiger partial charge in [0.25, 0.3) is 10.0 Å². The van der Waals surface area contributed by atoms with Crippen molar-refractivity contribution in [2.45, 2.75) is 4.90 Å². The lowest BCUT2D eigenvalue weighted by molar-refractivity contribution is 0.358. The van der Waals surface area contributed by atoms with Crippen LogP contribution in [0.2, 0.25) is 0 Å². The number of rotatable bonds is 7. The molecule has 0 aliphatic carbocycles. The standard InChI is InChI=1S/C23H18F2N2O5S/c1-30-20-10-8-15-19(11-12-26-22(15)23(20)31-2)32-14-7-9-18(17(25)13-14)27-33(28,29)21-6-4-3-5-16(21)24/h3-13,27H,1-2H3. The Morgan fingerprint density at radius 3 is 2.36 bits per heavy atom. The molecule has 0 atom stereocenters. The van der Waals surface area contributed by atoms with Gasteiger partial charge >= 0.3 is 0 Å². The number of anilines is 1. The SMILES string of the molecule is COc1ccc2c(Oc3ccc(NS(=O)(=O)c4ccccc4F)c(F)c3)ccnc2c1OC. The first-order valence-electron chi connectivity index (χ1n) is 9.58. The maximum Gasteiger partial charge on any atom is 0.264 e. The molecule has 4 rings (SSSR count). The molecular weight excluding hydrogens is 454 g/mol. The van der Waals surface area contributed by atoms with Gasteiger partial charge in [-0.25, -0.2) is 17.2 Å². The van der Waals surface area contributed by atoms with Crippen LogP contribution in [0.3, 0.4) is 0 Å². The second-order valence-electron chi connectivity index (χ2n) is 6.79. The third kappa shape index (κ3) is 4.37. The quantitative estimate of drug-likeness (QED) is 0.402. The fraction of sp³-hybridized carbons (Fsp3) is 0.0870. The van der Waals surface area contributed by atoms with Crippen LogP contribution in [0.4, 0.5) is 14.5 Å². The second kappa shape index (κ2) is 8.91. The number of halogens is 2. The lowest BCUT2D eigenvalue weighted by Crippen LogP contribution is -2.15. The van der Waals surface area contributed by atoms with E-state index in [9.17, 15) is 17.2 Å². The van der Waals surface area contributed by atoms with Crippen LogP contribution >= 0.6 is 0 Å². The number of hydrogen-bond acceptors (Lipinski definition) is 6. The van der Waals surface area contributed by atoms with Crippen LogP contribution in [0, 0.1) is 11.6 Å². The van der Waals surface area contributed by atoms with E-state index in [-0.39, 0.29) is 11.4 Å². The molecule has 170 valence electrons. The minimum absolute atomic E-state index is 0.114. The molecule has 0 aliphatic heterocycles. The number of fused-ring (bicyclic) bond motifs is 1. The highest BCUT2D eigenvalue weighted by molar-refractivity contribution is 7.92. The van der Waals surface area contributed by atoms with Crippen LogP contribution in [0.1, 0.15) is 0 Å². The van der Waals surface area contributed by atoms with Gasteiger partial charge in [0, 0.05) is 17.6 Å². The highest BCUT2D eigenvalue weighted by Crippen LogP contribution is 2.39. The number of ether oxygens (including phenoxy) is 3. The smallest absolute Gasteiger partial charge is 0.264 e. The summed E-state index contributed by atoms with van der Waals surface area (Å²) in [6.45, 7) is 0. The molecule has 33 heavy (non-hydrogen) atoms. The molecule has 1 heterocycles. The zero-order chi connectivity index (χ0) is 23.6. The molecule has 0 saturated carbocycles. The van der Waals surface area contributed by atoms with Crippen molar-refractivity contribution in [3.8, 4) is 23.0 Å². The third-order valence-corrected chi connectivity index (χ3v) is 6.15. The normalized spacial score (nSPS) is 11.3. The number of nitrogens with one attached hydrogen (secondary N) is 1. The van der Waals surface area contributed by atoms with Crippen molar-refractivity contribution in [3.63, 3.8) is 0 Å². The van der Waals surface area contributed by atoms with Crippen LogP contribution in [-0.2, 0) is 10.0 Å². The van der Waals surface area contributed by atoms with E-state index in [0.29, 0.717) is 28.2 Å². The largest absolute Gasteiger partial charge is 0.493 e. The van der Waals surface area contributed by atoms with Crippen molar-refractivity contribution >= 4 is 26.6 Å². The molecule has 3 aromatic carbocycles. The summed E-state index contributed by atoms with van der Waals surface area (Å²) in [6, 6.07) is 13.4. The second-order valence-corrected chi connectivity index (χ2v) is 8.44. The fourth-order valence-corrected chi connectivity index (χ4v) is 4.37. The highest BCUT2D eigenvalue weighted by atomic mass is 32.2. The van der Waals surface area contributed by atoms with E-state index in [0.717, 1.165) is 18.2 Å². The fourth-order valence-electron chi connectivity index (χ4n) is 3.23. The number of aromatic nitrogens is 1. The predicted octanol–water partition coefficient (Wildman–Crippen LogP) is 5.12. The summed E-state index contributed by atoms with van der Waals surface area (Å²) in [7, 11) is -1.32. The lowest BCUT2D eigenvalue weighted by Gasteiger charge is -2.14. The first-order valence-corrected chi connectivity index (χ1v) is 11.1. The number of pyridine rings is 1. The summed E-state index contributed by atoms with van der Waals surface area (Å²) in [4.78, 5) is 3.72. The van der Waals surface area contributed by atoms with E-state index in [1.165, 1.54) is 44.7 Å². The molecule has 10 heteroatoms. The first-order chi connectivity index (χ1) is 15.8. The van der Waals surface area contributed by atoms with Crippen LogP contribution in [0.25, 0.3) is 10.9 Å². The van der Waals surface area contributed by atoms with E-state index in [1.807, 2.05) is 0 Å². The van der Waals surface area contributed by atoms with Gasteiger partial charge in [0.1, 0.15) is 27.7 Å². The Morgan fingerprint density at radius 2 is 1.67 bits per heavy atom. The van der Waals surface area contributed by atoms with Gasteiger partial charge in [-0.15, -0.1) is 0 Å². The minimum Gasteiger partial charge on any atom is -0.493 e. The van der Waals surface area contributed by atoms with Crippen LogP contribution in [0.15, 0.2) is 71.8 Å². The summed E-state index contributed by atoms with van der Waals surface area (Å²) in [5.74, 6) is -0.438. The average molecular weight is 472 g/mol. The van der Waals surface area contributed by atoms with Gasteiger partial charge in [0.05, 0.1) is 19.9 Å². The van der Waals surface area contributed by atoms with E-state index in [1.54, 1.807) is 18.2 Å². The predicted molar refractivity (Wildman–Crippen MR) is 119 cm³/mol. The van der Waals surface area contributed by atoms with Gasteiger partial charge in [0.2, 0.25) is 0 Å². The van der Waals surface area contributed by atoms with Gasteiger partial charge in [-0.3, -0.25) is 9.71 Å². The molecule has 0 spiro atoms. The molecule has 4 aromatic rings. The van der Waals surface area contributed by atoms with Crippen LogP contribution < -0.4 is 18.9 Å². The molecule has 0 radical (unpaired) electrons. The molecule has 0 unspecified atom stereocenters. The molecule has 0 aliphatic rings. The summed E-state index contributed by atoms with van der Waals surface area (Å²) in [5.41, 5.74) is 0.140. The number of hydrogen-bond donors (Lipinski definition) is 1. The van der Waals surface area contributed by atoms with Crippen molar-refractivity contribution in [3.05, 3.63) is 78.5 Å². The maximum atomic E-state index is 14.7. The van der Waals surface area contributed by atoms with Gasteiger partial charge in [-0.2, -0.15) is 0 Å². The molecule has 0 saturated heterocycles. The molecule has 1 aromatic heterocycles. The number of nitrogens with zero attached hydrogens (tertiary/aromatic N) is 1.